The summed E-state index contributed by atoms with van der Waals surface area (Å²) in [7, 11) is -2.54. The monoisotopic (exact) mass is 569 g/mol. The van der Waals surface area contributed by atoms with Crippen LogP contribution in [-0.4, -0.2) is 27.1 Å². The number of nitrogens with one attached hydrogen (secondary N) is 1. The number of benzene rings is 4. The van der Waals surface area contributed by atoms with Crippen LogP contribution in [0.2, 0.25) is 0 Å². The number of ether oxygens (including phenoxy) is 1. The molecule has 0 bridgehead atoms. The number of rotatable bonds is 11. The van der Waals surface area contributed by atoms with Crippen molar-refractivity contribution in [3.8, 4) is 5.75 Å². The summed E-state index contributed by atoms with van der Waals surface area (Å²) < 4.78 is 34.4. The number of anilines is 1. The van der Waals surface area contributed by atoms with Crippen LogP contribution < -0.4 is 14.5 Å². The molecule has 0 aliphatic rings. The number of carbonyl (C=O) groups is 1. The highest BCUT2D eigenvalue weighted by Gasteiger charge is 2.29. The Labute approximate surface area is 242 Å². The molecule has 0 aliphatic carbocycles. The second-order valence-electron chi connectivity index (χ2n) is 10.4. The number of hydrogen-bond donors (Lipinski definition) is 1. The lowest BCUT2D eigenvalue weighted by Crippen LogP contribution is -2.33. The van der Waals surface area contributed by atoms with E-state index in [1.807, 2.05) is 55.5 Å². The molecule has 0 heterocycles. The van der Waals surface area contributed by atoms with Gasteiger partial charge < -0.3 is 4.74 Å². The number of hydrogen-bond acceptors (Lipinski definition) is 5. The van der Waals surface area contributed by atoms with E-state index in [4.69, 9.17) is 4.74 Å². The predicted octanol–water partition coefficient (Wildman–Crippen LogP) is 6.56. The van der Waals surface area contributed by atoms with Crippen molar-refractivity contribution in [1.29, 1.82) is 0 Å². The first-order valence-electron chi connectivity index (χ1n) is 13.3. The lowest BCUT2D eigenvalue weighted by atomic mass is 9.80. The third-order valence-corrected chi connectivity index (χ3v) is 8.61. The zero-order valence-electron chi connectivity index (χ0n) is 23.7. The van der Waals surface area contributed by atoms with Crippen LogP contribution in [0.25, 0.3) is 0 Å². The van der Waals surface area contributed by atoms with Gasteiger partial charge in [0.2, 0.25) is 0 Å². The molecule has 1 amide bonds. The molecule has 41 heavy (non-hydrogen) atoms. The first-order valence-corrected chi connectivity index (χ1v) is 14.7. The molecule has 212 valence electrons. The molecular weight excluding hydrogens is 534 g/mol. The highest BCUT2D eigenvalue weighted by atomic mass is 32.2. The van der Waals surface area contributed by atoms with Crippen LogP contribution in [0.3, 0.4) is 0 Å². The van der Waals surface area contributed by atoms with Gasteiger partial charge in [0.05, 0.1) is 29.8 Å². The molecule has 0 fully saturated rings. The van der Waals surface area contributed by atoms with Crippen molar-refractivity contribution < 1.29 is 17.9 Å². The Bertz CT molecular complexity index is 1600. The maximum atomic E-state index is 14.0. The summed E-state index contributed by atoms with van der Waals surface area (Å²) in [5.74, 6) is 0.0440. The van der Waals surface area contributed by atoms with Crippen LogP contribution in [0.1, 0.15) is 48.7 Å². The average Bonchev–Trinajstić information content (AvgIpc) is 2.99. The van der Waals surface area contributed by atoms with Gasteiger partial charge in [-0.25, -0.2) is 13.8 Å². The highest BCUT2D eigenvalue weighted by molar-refractivity contribution is 7.92. The Morgan fingerprint density at radius 1 is 0.854 bits per heavy atom. The van der Waals surface area contributed by atoms with Gasteiger partial charge in [-0.3, -0.25) is 9.10 Å². The molecule has 0 aromatic heterocycles. The minimum Gasteiger partial charge on any atom is -0.497 e. The quantitative estimate of drug-likeness (QED) is 0.164. The fourth-order valence-corrected chi connectivity index (χ4v) is 6.16. The molecule has 0 spiro atoms. The number of amides is 1. The van der Waals surface area contributed by atoms with E-state index in [0.29, 0.717) is 12.2 Å². The Balaban J connectivity index is 1.65. The van der Waals surface area contributed by atoms with E-state index in [9.17, 15) is 13.2 Å². The summed E-state index contributed by atoms with van der Waals surface area (Å²) in [5, 5.41) is 4.37. The van der Waals surface area contributed by atoms with Crippen molar-refractivity contribution in [1.82, 2.24) is 5.43 Å². The van der Waals surface area contributed by atoms with E-state index >= 15 is 0 Å². The van der Waals surface area contributed by atoms with E-state index in [-0.39, 0.29) is 28.1 Å². The summed E-state index contributed by atoms with van der Waals surface area (Å²) in [6.07, 6.45) is 0.630. The Morgan fingerprint density at radius 2 is 1.44 bits per heavy atom. The first kappa shape index (κ1) is 29.6. The van der Waals surface area contributed by atoms with Crippen molar-refractivity contribution in [2.45, 2.75) is 44.0 Å². The molecule has 0 saturated carbocycles. The standard InChI is InChI=1S/C33H35N3O4S/c1-25(23-33(2,3)27-15-9-6-10-16-27)34-35-32(37)30-17-11-12-18-31(30)36(24-26-13-7-5-8-14-26)41(38,39)29-21-19-28(40-4)20-22-29/h5-22H,23-24H2,1-4H3,(H,35,37)/b34-25-. The zero-order chi connectivity index (χ0) is 29.5. The fraction of sp³-hybridized carbons (Fsp3) is 0.212. The number of methoxy groups -OCH3 is 1. The molecule has 0 saturated heterocycles. The molecule has 4 rings (SSSR count). The number of sulfonamides is 1. The van der Waals surface area contributed by atoms with E-state index < -0.39 is 15.9 Å². The molecule has 4 aromatic carbocycles. The highest BCUT2D eigenvalue weighted by Crippen LogP contribution is 2.30. The van der Waals surface area contributed by atoms with Crippen LogP contribution in [0.15, 0.2) is 119 Å². The van der Waals surface area contributed by atoms with Gasteiger partial charge >= 0.3 is 0 Å². The summed E-state index contributed by atoms with van der Waals surface area (Å²) in [5.41, 5.74) is 5.61. The molecule has 0 radical (unpaired) electrons. The minimum atomic E-state index is -4.06. The van der Waals surface area contributed by atoms with E-state index in [0.717, 1.165) is 11.3 Å². The lowest BCUT2D eigenvalue weighted by Gasteiger charge is -2.27. The summed E-state index contributed by atoms with van der Waals surface area (Å²) in [4.78, 5) is 13.5. The van der Waals surface area contributed by atoms with Crippen LogP contribution in [0.5, 0.6) is 5.75 Å². The SMILES string of the molecule is COc1ccc(S(=O)(=O)N(Cc2ccccc2)c2ccccc2C(=O)N/N=C(/C)CC(C)(C)c2ccccc2)cc1. The van der Waals surface area contributed by atoms with Gasteiger partial charge in [0.1, 0.15) is 5.75 Å². The third-order valence-electron chi connectivity index (χ3n) is 6.84. The zero-order valence-corrected chi connectivity index (χ0v) is 24.6. The van der Waals surface area contributed by atoms with Crippen molar-refractivity contribution in [3.05, 3.63) is 126 Å². The van der Waals surface area contributed by atoms with Crippen LogP contribution in [0.4, 0.5) is 5.69 Å². The van der Waals surface area contributed by atoms with Gasteiger partial charge in [0.25, 0.3) is 15.9 Å². The average molecular weight is 570 g/mol. The molecule has 0 unspecified atom stereocenters. The van der Waals surface area contributed by atoms with E-state index in [1.165, 1.54) is 29.1 Å². The smallest absolute Gasteiger partial charge is 0.273 e. The van der Waals surface area contributed by atoms with Crippen molar-refractivity contribution in [2.75, 3.05) is 11.4 Å². The lowest BCUT2D eigenvalue weighted by molar-refractivity contribution is 0.0955. The molecule has 7 nitrogen and oxygen atoms in total. The second-order valence-corrected chi connectivity index (χ2v) is 12.3. The third kappa shape index (κ3) is 7.21. The maximum Gasteiger partial charge on any atom is 0.273 e. The van der Waals surface area contributed by atoms with Crippen molar-refractivity contribution >= 4 is 27.3 Å². The second kappa shape index (κ2) is 12.8. The summed E-state index contributed by atoms with van der Waals surface area (Å²) in [6, 6.07) is 32.2. The first-order chi connectivity index (χ1) is 19.6. The van der Waals surface area contributed by atoms with Gasteiger partial charge in [-0.2, -0.15) is 5.10 Å². The van der Waals surface area contributed by atoms with Crippen molar-refractivity contribution in [3.63, 3.8) is 0 Å². The van der Waals surface area contributed by atoms with Gasteiger partial charge in [0, 0.05) is 5.71 Å². The minimum absolute atomic E-state index is 0.0348. The van der Waals surface area contributed by atoms with Gasteiger partial charge in [-0.1, -0.05) is 86.6 Å². The predicted molar refractivity (Wildman–Crippen MR) is 164 cm³/mol. The maximum absolute atomic E-state index is 14.0. The topological polar surface area (TPSA) is 88.1 Å². The molecule has 4 aromatic rings. The molecule has 8 heteroatoms. The van der Waals surface area contributed by atoms with Gasteiger partial charge in [0.15, 0.2) is 0 Å². The molecule has 1 N–H and O–H groups in total. The number of hydrazone groups is 1. The molecule has 0 aliphatic heterocycles. The van der Waals surface area contributed by atoms with Crippen LogP contribution >= 0.6 is 0 Å². The largest absolute Gasteiger partial charge is 0.497 e. The number of nitrogens with zero attached hydrogens (tertiary/aromatic N) is 2. The Hall–Kier alpha value is -4.43. The fourth-order valence-electron chi connectivity index (χ4n) is 4.68. The van der Waals surface area contributed by atoms with Crippen LogP contribution in [0, 0.1) is 0 Å². The van der Waals surface area contributed by atoms with Crippen LogP contribution in [-0.2, 0) is 22.0 Å². The Morgan fingerprint density at radius 3 is 2.07 bits per heavy atom. The van der Waals surface area contributed by atoms with Crippen molar-refractivity contribution in [2.24, 2.45) is 5.10 Å². The number of para-hydroxylation sites is 1. The number of carbonyl (C=O) groups excluding carboxylic acids is 1. The van der Waals surface area contributed by atoms with Gasteiger partial charge in [-0.15, -0.1) is 0 Å². The van der Waals surface area contributed by atoms with E-state index in [2.05, 4.69) is 36.5 Å². The molecular formula is C33H35N3O4S. The normalized spacial score (nSPS) is 12.0. The summed E-state index contributed by atoms with van der Waals surface area (Å²) >= 11 is 0. The van der Waals surface area contributed by atoms with Gasteiger partial charge in [-0.05, 0) is 66.3 Å². The Kier molecular flexibility index (Phi) is 9.24. The summed E-state index contributed by atoms with van der Waals surface area (Å²) in [6.45, 7) is 6.16. The molecule has 0 atom stereocenters. The van der Waals surface area contributed by atoms with E-state index in [1.54, 1.807) is 36.4 Å².